The quantitative estimate of drug-likeness (QED) is 0.604. The molecule has 1 N–H and O–H groups in total. The summed E-state index contributed by atoms with van der Waals surface area (Å²) in [6.45, 7) is -0.606. The van der Waals surface area contributed by atoms with E-state index in [9.17, 15) is 19.2 Å². The minimum absolute atomic E-state index is 0.0778. The first-order valence-electron chi connectivity index (χ1n) is 6.17. The van der Waals surface area contributed by atoms with Crippen molar-refractivity contribution in [2.24, 2.45) is 0 Å². The van der Waals surface area contributed by atoms with Crippen LogP contribution in [0, 0.1) is 0 Å². The molecule has 0 saturated carbocycles. The second-order valence-corrected chi connectivity index (χ2v) is 4.21. The van der Waals surface area contributed by atoms with Gasteiger partial charge >= 0.3 is 23.9 Å². The number of carbonyl (C=O) groups excluding carboxylic acids is 3. The molecule has 0 unspecified atom stereocenters. The zero-order valence-corrected chi connectivity index (χ0v) is 12.3. The van der Waals surface area contributed by atoms with Crippen LogP contribution in [-0.2, 0) is 23.9 Å². The van der Waals surface area contributed by atoms with Gasteiger partial charge in [-0.15, -0.1) is 0 Å². The second-order valence-electron chi connectivity index (χ2n) is 4.21. The van der Waals surface area contributed by atoms with E-state index in [0.29, 0.717) is 0 Å². The van der Waals surface area contributed by atoms with Gasteiger partial charge in [0.25, 0.3) is 0 Å². The summed E-state index contributed by atoms with van der Waals surface area (Å²) < 4.78 is 8.91. The molecular weight excluding hydrogens is 284 g/mol. The van der Waals surface area contributed by atoms with Gasteiger partial charge in [0.1, 0.15) is 13.1 Å². The zero-order valence-electron chi connectivity index (χ0n) is 12.3. The molecule has 0 aromatic carbocycles. The van der Waals surface area contributed by atoms with E-state index in [1.54, 1.807) is 0 Å². The Balaban J connectivity index is 4.63. The summed E-state index contributed by atoms with van der Waals surface area (Å²) in [5.41, 5.74) is 0. The molecule has 0 aliphatic carbocycles. The molecule has 0 spiro atoms. The van der Waals surface area contributed by atoms with Crippen molar-refractivity contribution >= 4 is 23.9 Å². The van der Waals surface area contributed by atoms with Crippen LogP contribution in [0.15, 0.2) is 0 Å². The predicted molar refractivity (Wildman–Crippen MR) is 70.5 cm³/mol. The van der Waals surface area contributed by atoms with Gasteiger partial charge in [0.2, 0.25) is 0 Å². The van der Waals surface area contributed by atoms with E-state index < -0.39 is 37.0 Å². The van der Waals surface area contributed by atoms with Gasteiger partial charge in [-0.25, -0.2) is 4.79 Å². The van der Waals surface area contributed by atoms with E-state index in [2.05, 4.69) is 9.47 Å². The van der Waals surface area contributed by atoms with Crippen LogP contribution >= 0.6 is 0 Å². The van der Waals surface area contributed by atoms with Crippen molar-refractivity contribution in [3.05, 3.63) is 0 Å². The lowest BCUT2D eigenvalue weighted by Gasteiger charge is -2.26. The lowest BCUT2D eigenvalue weighted by molar-refractivity contribution is -0.144. The molecule has 0 aromatic heterocycles. The summed E-state index contributed by atoms with van der Waals surface area (Å²) in [6.07, 6.45) is 0.188. The standard InChI is InChI=1S/C12H20N2O7/c1-13(6-4-5-9(15)16)12(19)14(7-10(17)20-2)8-11(18)21-3/h4-8H2,1-3H3,(H,15,16). The topological polar surface area (TPSA) is 113 Å². The molecule has 0 aliphatic heterocycles. The molecular formula is C12H20N2O7. The number of ether oxygens (including phenoxy) is 2. The molecule has 0 bridgehead atoms. The Bertz CT molecular complexity index is 379. The molecule has 9 nitrogen and oxygen atoms in total. The van der Waals surface area contributed by atoms with Crippen LogP contribution in [-0.4, -0.2) is 79.7 Å². The Morgan fingerprint density at radius 2 is 1.48 bits per heavy atom. The van der Waals surface area contributed by atoms with Crippen molar-refractivity contribution in [1.29, 1.82) is 0 Å². The highest BCUT2D eigenvalue weighted by Crippen LogP contribution is 2.01. The summed E-state index contributed by atoms with van der Waals surface area (Å²) in [6, 6.07) is -0.587. The molecule has 9 heteroatoms. The summed E-state index contributed by atoms with van der Waals surface area (Å²) in [5, 5.41) is 8.54. The van der Waals surface area contributed by atoms with Crippen molar-refractivity contribution in [1.82, 2.24) is 9.80 Å². The van der Waals surface area contributed by atoms with E-state index in [1.165, 1.54) is 26.2 Å². The highest BCUT2D eigenvalue weighted by molar-refractivity contribution is 5.85. The monoisotopic (exact) mass is 304 g/mol. The van der Waals surface area contributed by atoms with E-state index >= 15 is 0 Å². The molecule has 0 atom stereocenters. The van der Waals surface area contributed by atoms with Crippen LogP contribution < -0.4 is 0 Å². The van der Waals surface area contributed by atoms with Gasteiger partial charge in [0.15, 0.2) is 0 Å². The maximum Gasteiger partial charge on any atom is 0.325 e. The number of amides is 2. The van der Waals surface area contributed by atoms with E-state index in [4.69, 9.17) is 5.11 Å². The number of hydrogen-bond acceptors (Lipinski definition) is 6. The van der Waals surface area contributed by atoms with E-state index in [-0.39, 0.29) is 19.4 Å². The molecule has 0 aromatic rings. The molecule has 21 heavy (non-hydrogen) atoms. The number of methoxy groups -OCH3 is 2. The van der Waals surface area contributed by atoms with Gasteiger partial charge in [0.05, 0.1) is 14.2 Å². The largest absolute Gasteiger partial charge is 0.481 e. The van der Waals surface area contributed by atoms with Crippen molar-refractivity contribution in [3.8, 4) is 0 Å². The van der Waals surface area contributed by atoms with Gasteiger partial charge in [-0.3, -0.25) is 14.4 Å². The van der Waals surface area contributed by atoms with Crippen LogP contribution in [0.2, 0.25) is 0 Å². The molecule has 0 rings (SSSR count). The van der Waals surface area contributed by atoms with Crippen LogP contribution in [0.5, 0.6) is 0 Å². The van der Waals surface area contributed by atoms with Gasteiger partial charge in [0, 0.05) is 20.0 Å². The summed E-state index contributed by atoms with van der Waals surface area (Å²) in [5.74, 6) is -2.31. The van der Waals surface area contributed by atoms with Gasteiger partial charge in [-0.1, -0.05) is 0 Å². The summed E-state index contributed by atoms with van der Waals surface area (Å²) in [4.78, 5) is 47.2. The Morgan fingerprint density at radius 1 is 1.00 bits per heavy atom. The molecule has 2 amide bonds. The molecule has 120 valence electrons. The number of aliphatic carboxylic acids is 1. The maximum absolute atomic E-state index is 12.1. The van der Waals surface area contributed by atoms with Crippen molar-refractivity contribution in [2.45, 2.75) is 12.8 Å². The lowest BCUT2D eigenvalue weighted by atomic mass is 10.3. The average molecular weight is 304 g/mol. The Kier molecular flexibility index (Phi) is 8.51. The van der Waals surface area contributed by atoms with Crippen LogP contribution in [0.25, 0.3) is 0 Å². The Labute approximate surface area is 122 Å². The lowest BCUT2D eigenvalue weighted by Crippen LogP contribution is -2.46. The highest BCUT2D eigenvalue weighted by Gasteiger charge is 2.23. The SMILES string of the molecule is COC(=O)CN(CC(=O)OC)C(=O)N(C)CCCC(=O)O. The number of carbonyl (C=O) groups is 4. The molecule has 0 fully saturated rings. The number of carboxylic acid groups (broad SMARTS) is 1. The number of esters is 2. The molecule has 0 radical (unpaired) electrons. The third kappa shape index (κ3) is 7.75. The van der Waals surface area contributed by atoms with Crippen LogP contribution in [0.4, 0.5) is 4.79 Å². The average Bonchev–Trinajstić information content (AvgIpc) is 2.44. The van der Waals surface area contributed by atoms with Crippen molar-refractivity contribution < 1.29 is 33.8 Å². The third-order valence-corrected chi connectivity index (χ3v) is 2.58. The van der Waals surface area contributed by atoms with Crippen molar-refractivity contribution in [3.63, 3.8) is 0 Å². The van der Waals surface area contributed by atoms with Crippen molar-refractivity contribution in [2.75, 3.05) is 40.9 Å². The third-order valence-electron chi connectivity index (χ3n) is 2.58. The molecule has 0 aliphatic rings. The normalized spacial score (nSPS) is 9.67. The number of rotatable bonds is 8. The predicted octanol–water partition coefficient (Wildman–Crippen LogP) is -0.449. The first kappa shape index (κ1) is 18.7. The second kappa shape index (κ2) is 9.56. The summed E-state index contributed by atoms with van der Waals surface area (Å²) >= 11 is 0. The Morgan fingerprint density at radius 3 is 1.86 bits per heavy atom. The fourth-order valence-corrected chi connectivity index (χ4v) is 1.44. The molecule has 0 saturated heterocycles. The minimum atomic E-state index is -0.961. The minimum Gasteiger partial charge on any atom is -0.481 e. The fourth-order valence-electron chi connectivity index (χ4n) is 1.44. The van der Waals surface area contributed by atoms with Gasteiger partial charge < -0.3 is 24.4 Å². The number of urea groups is 1. The van der Waals surface area contributed by atoms with Crippen LogP contribution in [0.1, 0.15) is 12.8 Å². The number of carboxylic acids is 1. The first-order chi connectivity index (χ1) is 9.81. The number of nitrogens with zero attached hydrogens (tertiary/aromatic N) is 2. The highest BCUT2D eigenvalue weighted by atomic mass is 16.5. The smallest absolute Gasteiger partial charge is 0.325 e. The maximum atomic E-state index is 12.1. The van der Waals surface area contributed by atoms with Crippen LogP contribution in [0.3, 0.4) is 0 Å². The molecule has 0 heterocycles. The fraction of sp³-hybridized carbons (Fsp3) is 0.667. The number of hydrogen-bond donors (Lipinski definition) is 1. The van der Waals surface area contributed by atoms with E-state index in [0.717, 1.165) is 4.90 Å². The summed E-state index contributed by atoms with van der Waals surface area (Å²) in [7, 11) is 3.78. The van der Waals surface area contributed by atoms with E-state index in [1.807, 2.05) is 0 Å². The van der Waals surface area contributed by atoms with Gasteiger partial charge in [-0.2, -0.15) is 0 Å². The first-order valence-corrected chi connectivity index (χ1v) is 6.17. The zero-order chi connectivity index (χ0) is 16.4. The Hall–Kier alpha value is -2.32. The van der Waals surface area contributed by atoms with Gasteiger partial charge in [-0.05, 0) is 6.42 Å².